The van der Waals surface area contributed by atoms with Gasteiger partial charge in [-0.25, -0.2) is 0 Å². The van der Waals surface area contributed by atoms with Gasteiger partial charge in [0, 0.05) is 25.5 Å². The van der Waals surface area contributed by atoms with Crippen molar-refractivity contribution in [3.8, 4) is 0 Å². The number of fused-ring (bicyclic) bond motifs is 1. The smallest absolute Gasteiger partial charge is 0.246 e. The van der Waals surface area contributed by atoms with E-state index in [0.29, 0.717) is 0 Å². The number of hydrogen-bond acceptors (Lipinski definition) is 3. The predicted molar refractivity (Wildman–Crippen MR) is 85.1 cm³/mol. The van der Waals surface area contributed by atoms with Crippen molar-refractivity contribution in [2.24, 2.45) is 0 Å². The Morgan fingerprint density at radius 3 is 2.75 bits per heavy atom. The number of amides is 1. The molecule has 0 saturated heterocycles. The van der Waals surface area contributed by atoms with E-state index in [1.807, 2.05) is 24.3 Å². The fourth-order valence-corrected chi connectivity index (χ4v) is 3.73. The summed E-state index contributed by atoms with van der Waals surface area (Å²) >= 11 is 5.15. The zero-order valence-electron chi connectivity index (χ0n) is 10.8. The maximum absolute atomic E-state index is 11.8. The van der Waals surface area contributed by atoms with Crippen molar-refractivity contribution >= 4 is 39.3 Å². The van der Waals surface area contributed by atoms with Crippen LogP contribution in [0, 0.1) is 0 Å². The summed E-state index contributed by atoms with van der Waals surface area (Å²) < 4.78 is 1.06. The number of carbonyl (C=O) groups is 1. The highest BCUT2D eigenvalue weighted by atomic mass is 79.9. The maximum atomic E-state index is 11.8. The van der Waals surface area contributed by atoms with Gasteiger partial charge in [-0.3, -0.25) is 4.79 Å². The van der Waals surface area contributed by atoms with Gasteiger partial charge in [0.05, 0.1) is 0 Å². The van der Waals surface area contributed by atoms with Crippen LogP contribution in [0.2, 0.25) is 0 Å². The van der Waals surface area contributed by atoms with Crippen LogP contribution in [0.5, 0.6) is 0 Å². The first kappa shape index (κ1) is 13.7. The van der Waals surface area contributed by atoms with Crippen molar-refractivity contribution in [3.05, 3.63) is 52.5 Å². The molecule has 1 aliphatic rings. The Kier molecular flexibility index (Phi) is 3.83. The molecule has 2 aromatic carbocycles. The first-order valence-corrected chi connectivity index (χ1v) is 7.84. The third-order valence-electron chi connectivity index (χ3n) is 3.18. The normalized spacial score (nSPS) is 16.9. The maximum Gasteiger partial charge on any atom is 0.246 e. The van der Waals surface area contributed by atoms with Crippen LogP contribution in [0.1, 0.15) is 11.6 Å². The zero-order chi connectivity index (χ0) is 14.1. The highest BCUT2D eigenvalue weighted by Gasteiger charge is 2.28. The molecule has 3 nitrogen and oxygen atoms in total. The van der Waals surface area contributed by atoms with Gasteiger partial charge in [-0.15, -0.1) is 0 Å². The van der Waals surface area contributed by atoms with Gasteiger partial charge in [-0.05, 0) is 37.4 Å². The van der Waals surface area contributed by atoms with Crippen molar-refractivity contribution in [1.29, 1.82) is 0 Å². The van der Waals surface area contributed by atoms with Crippen molar-refractivity contribution < 1.29 is 4.79 Å². The second-order valence-electron chi connectivity index (χ2n) is 4.52. The molecule has 0 aliphatic carbocycles. The number of anilines is 1. The van der Waals surface area contributed by atoms with Gasteiger partial charge in [0.2, 0.25) is 5.91 Å². The van der Waals surface area contributed by atoms with E-state index in [9.17, 15) is 4.79 Å². The summed E-state index contributed by atoms with van der Waals surface area (Å²) in [4.78, 5) is 14.1. The minimum atomic E-state index is -0.241. The van der Waals surface area contributed by atoms with E-state index in [1.54, 1.807) is 18.8 Å². The zero-order valence-corrected chi connectivity index (χ0v) is 13.2. The van der Waals surface area contributed by atoms with Gasteiger partial charge >= 0.3 is 0 Å². The number of rotatable bonds is 3. The number of carbonyl (C=O) groups excluding carboxylic acids is 1. The quantitative estimate of drug-likeness (QED) is 0.885. The van der Waals surface area contributed by atoms with Crippen molar-refractivity contribution in [2.75, 3.05) is 12.4 Å². The molecule has 1 heterocycles. The molecule has 2 N–H and O–H groups in total. The van der Waals surface area contributed by atoms with Crippen molar-refractivity contribution in [2.45, 2.75) is 15.8 Å². The Balaban J connectivity index is 1.87. The number of likely N-dealkylation sites (N-methyl/N-ethyl adjacent to an activating group) is 1. The lowest BCUT2D eigenvalue weighted by atomic mass is 10.1. The van der Waals surface area contributed by atoms with Crippen molar-refractivity contribution in [1.82, 2.24) is 5.32 Å². The average molecular weight is 349 g/mol. The van der Waals surface area contributed by atoms with E-state index in [4.69, 9.17) is 0 Å². The Labute approximate surface area is 130 Å². The summed E-state index contributed by atoms with van der Waals surface area (Å²) in [5.41, 5.74) is 1.91. The lowest BCUT2D eigenvalue weighted by Crippen LogP contribution is -2.23. The number of hydrogen-bond donors (Lipinski definition) is 2. The summed E-state index contributed by atoms with van der Waals surface area (Å²) in [5.74, 6) is 0.00658. The Hall–Kier alpha value is -1.30. The van der Waals surface area contributed by atoms with Crippen LogP contribution in [-0.2, 0) is 4.79 Å². The van der Waals surface area contributed by atoms with Crippen molar-refractivity contribution in [3.63, 3.8) is 0 Å². The summed E-state index contributed by atoms with van der Waals surface area (Å²) in [6, 6.07) is 14.0. The van der Waals surface area contributed by atoms with E-state index >= 15 is 0 Å². The number of nitrogens with one attached hydrogen (secondary N) is 2. The Bertz CT molecular complexity index is 675. The van der Waals surface area contributed by atoms with E-state index in [-0.39, 0.29) is 11.9 Å². The summed E-state index contributed by atoms with van der Waals surface area (Å²) in [7, 11) is 1.80. The van der Waals surface area contributed by atoms with Crippen LogP contribution in [0.4, 0.5) is 5.69 Å². The third kappa shape index (κ3) is 2.61. The van der Waals surface area contributed by atoms with Gasteiger partial charge in [0.25, 0.3) is 0 Å². The molecular formula is C15H13BrN2OS. The van der Waals surface area contributed by atoms with E-state index in [1.165, 1.54) is 0 Å². The first-order valence-electron chi connectivity index (χ1n) is 6.23. The number of halogens is 1. The molecule has 1 aliphatic heterocycles. The lowest BCUT2D eigenvalue weighted by Gasteiger charge is -2.07. The average Bonchev–Trinajstić information content (AvgIpc) is 2.73. The molecule has 3 rings (SSSR count). The topological polar surface area (TPSA) is 41.1 Å². The first-order chi connectivity index (χ1) is 9.67. The third-order valence-corrected chi connectivity index (χ3v) is 4.65. The fraction of sp³-hybridized carbons (Fsp3) is 0.133. The Morgan fingerprint density at radius 2 is 2.00 bits per heavy atom. The summed E-state index contributed by atoms with van der Waals surface area (Å²) in [6.07, 6.45) is 0. The van der Waals surface area contributed by atoms with E-state index < -0.39 is 0 Å². The highest BCUT2D eigenvalue weighted by molar-refractivity contribution is 9.10. The highest BCUT2D eigenvalue weighted by Crippen LogP contribution is 2.36. The molecule has 0 bridgehead atoms. The van der Waals surface area contributed by atoms with Gasteiger partial charge in [0.15, 0.2) is 0 Å². The van der Waals surface area contributed by atoms with E-state index in [0.717, 1.165) is 25.5 Å². The monoisotopic (exact) mass is 348 g/mol. The number of benzene rings is 2. The molecule has 5 heteroatoms. The molecule has 1 atom stereocenters. The standard InChI is InChI=1S/C15H13BrN2OS/c1-17-14-12-6-5-11(8-13(12)18-15(14)19)20-10-4-2-3-9(16)7-10/h2-8,14,17H,1H3,(H,18,19). The molecule has 1 unspecified atom stereocenters. The summed E-state index contributed by atoms with van der Waals surface area (Å²) in [6.45, 7) is 0. The predicted octanol–water partition coefficient (Wildman–Crippen LogP) is 3.81. The summed E-state index contributed by atoms with van der Waals surface area (Å²) in [5, 5.41) is 5.93. The van der Waals surface area contributed by atoms with Gasteiger partial charge in [-0.1, -0.05) is 39.8 Å². The molecule has 102 valence electrons. The molecule has 0 fully saturated rings. The molecule has 0 radical (unpaired) electrons. The van der Waals surface area contributed by atoms with Crippen LogP contribution < -0.4 is 10.6 Å². The molecular weight excluding hydrogens is 336 g/mol. The molecule has 0 spiro atoms. The van der Waals surface area contributed by atoms with Crippen LogP contribution in [0.25, 0.3) is 0 Å². The molecule has 2 aromatic rings. The molecule has 20 heavy (non-hydrogen) atoms. The van der Waals surface area contributed by atoms with Crippen LogP contribution in [0.15, 0.2) is 56.7 Å². The minimum absolute atomic E-state index is 0.00658. The second kappa shape index (κ2) is 5.60. The minimum Gasteiger partial charge on any atom is -0.324 e. The largest absolute Gasteiger partial charge is 0.324 e. The fourth-order valence-electron chi connectivity index (χ4n) is 2.26. The Morgan fingerprint density at radius 1 is 1.20 bits per heavy atom. The molecule has 0 saturated carbocycles. The molecule has 0 aromatic heterocycles. The van der Waals surface area contributed by atoms with Crippen LogP contribution in [0.3, 0.4) is 0 Å². The van der Waals surface area contributed by atoms with Crippen LogP contribution in [-0.4, -0.2) is 13.0 Å². The lowest BCUT2D eigenvalue weighted by molar-refractivity contribution is -0.117. The van der Waals surface area contributed by atoms with Gasteiger partial charge in [0.1, 0.15) is 6.04 Å². The molecule has 1 amide bonds. The SMILES string of the molecule is CNC1C(=O)Nc2cc(Sc3cccc(Br)c3)ccc21. The van der Waals surface area contributed by atoms with Gasteiger partial charge < -0.3 is 10.6 Å². The van der Waals surface area contributed by atoms with Crippen LogP contribution >= 0.6 is 27.7 Å². The van der Waals surface area contributed by atoms with Gasteiger partial charge in [-0.2, -0.15) is 0 Å². The second-order valence-corrected chi connectivity index (χ2v) is 6.58. The van der Waals surface area contributed by atoms with E-state index in [2.05, 4.69) is 44.8 Å².